The number of aryl methyl sites for hydroxylation is 1. The molecule has 0 atom stereocenters. The second kappa shape index (κ2) is 11.4. The summed E-state index contributed by atoms with van der Waals surface area (Å²) in [5, 5.41) is 5.98. The quantitative estimate of drug-likeness (QED) is 0.426. The van der Waals surface area contributed by atoms with Crippen molar-refractivity contribution in [3.05, 3.63) is 88.9 Å². The molecule has 0 saturated carbocycles. The molecule has 0 aliphatic rings. The largest absolute Gasteiger partial charge is 0.352 e. The van der Waals surface area contributed by atoms with E-state index in [0.29, 0.717) is 34.1 Å². The van der Waals surface area contributed by atoms with Gasteiger partial charge < -0.3 is 10.6 Å². The molecule has 184 valence electrons. The Morgan fingerprint density at radius 1 is 0.971 bits per heavy atom. The van der Waals surface area contributed by atoms with Gasteiger partial charge in [0.05, 0.1) is 21.8 Å². The van der Waals surface area contributed by atoms with Crippen LogP contribution >= 0.6 is 11.6 Å². The van der Waals surface area contributed by atoms with Crippen LogP contribution in [0.15, 0.2) is 77.7 Å². The molecule has 3 aromatic carbocycles. The van der Waals surface area contributed by atoms with Gasteiger partial charge in [0.1, 0.15) is 6.54 Å². The molecule has 3 rings (SSSR count). The zero-order chi connectivity index (χ0) is 25.6. The van der Waals surface area contributed by atoms with E-state index < -0.39 is 22.5 Å². The molecule has 0 heterocycles. The van der Waals surface area contributed by atoms with Gasteiger partial charge in [0, 0.05) is 11.6 Å². The zero-order valence-corrected chi connectivity index (χ0v) is 21.4. The third kappa shape index (κ3) is 6.61. The first-order chi connectivity index (χ1) is 16.6. The van der Waals surface area contributed by atoms with Crippen LogP contribution in [0.3, 0.4) is 0 Å². The normalized spacial score (nSPS) is 11.2. The number of para-hydroxylation sites is 1. The van der Waals surface area contributed by atoms with E-state index in [4.69, 9.17) is 11.6 Å². The Kier molecular flexibility index (Phi) is 8.53. The molecular weight excluding hydrogens is 486 g/mol. The highest BCUT2D eigenvalue weighted by Gasteiger charge is 2.28. The van der Waals surface area contributed by atoms with E-state index in [9.17, 15) is 18.0 Å². The lowest BCUT2D eigenvalue weighted by Gasteiger charge is -2.26. The monoisotopic (exact) mass is 513 g/mol. The summed E-state index contributed by atoms with van der Waals surface area (Å²) in [5.74, 6) is -0.653. The molecule has 0 aliphatic carbocycles. The number of hydrogen-bond donors (Lipinski definition) is 2. The van der Waals surface area contributed by atoms with E-state index in [1.807, 2.05) is 13.8 Å². The first-order valence-corrected chi connectivity index (χ1v) is 12.9. The molecule has 0 saturated heterocycles. The molecule has 0 aliphatic heterocycles. The van der Waals surface area contributed by atoms with E-state index in [1.165, 1.54) is 12.1 Å². The highest BCUT2D eigenvalue weighted by atomic mass is 35.5. The number of amides is 2. The van der Waals surface area contributed by atoms with E-state index in [1.54, 1.807) is 67.6 Å². The Hall–Kier alpha value is -3.36. The van der Waals surface area contributed by atoms with Crippen LogP contribution < -0.4 is 14.9 Å². The molecule has 0 radical (unpaired) electrons. The molecule has 2 N–H and O–H groups in total. The maximum absolute atomic E-state index is 13.5. The fourth-order valence-corrected chi connectivity index (χ4v) is 5.15. The number of carbonyl (C=O) groups excluding carboxylic acids is 2. The Balaban J connectivity index is 1.92. The number of rotatable bonds is 9. The van der Waals surface area contributed by atoms with Crippen molar-refractivity contribution < 1.29 is 18.0 Å². The smallest absolute Gasteiger partial charge is 0.264 e. The lowest BCUT2D eigenvalue weighted by molar-refractivity contribution is -0.114. The van der Waals surface area contributed by atoms with Crippen molar-refractivity contribution in [1.82, 2.24) is 5.32 Å². The van der Waals surface area contributed by atoms with Gasteiger partial charge in [0.15, 0.2) is 0 Å². The predicted molar refractivity (Wildman–Crippen MR) is 139 cm³/mol. The van der Waals surface area contributed by atoms with Crippen LogP contribution in [0, 0.1) is 12.8 Å². The molecule has 0 spiro atoms. The van der Waals surface area contributed by atoms with Crippen molar-refractivity contribution in [3.8, 4) is 0 Å². The predicted octanol–water partition coefficient (Wildman–Crippen LogP) is 4.87. The van der Waals surface area contributed by atoms with Crippen molar-refractivity contribution in [1.29, 1.82) is 0 Å². The SMILES string of the molecule is Cc1cc(Cl)ccc1N(CC(=O)Nc1ccccc1C(=O)NCC(C)C)S(=O)(=O)c1ccccc1. The van der Waals surface area contributed by atoms with Crippen LogP contribution in [0.5, 0.6) is 0 Å². The summed E-state index contributed by atoms with van der Waals surface area (Å²) in [6.07, 6.45) is 0. The van der Waals surface area contributed by atoms with Gasteiger partial charge in [0.2, 0.25) is 5.91 Å². The van der Waals surface area contributed by atoms with Crippen molar-refractivity contribution in [2.75, 3.05) is 22.7 Å². The summed E-state index contributed by atoms with van der Waals surface area (Å²) < 4.78 is 28.1. The molecule has 9 heteroatoms. The molecule has 35 heavy (non-hydrogen) atoms. The Labute approximate surface area is 211 Å². The average molecular weight is 514 g/mol. The second-order valence-corrected chi connectivity index (χ2v) is 10.8. The minimum Gasteiger partial charge on any atom is -0.352 e. The molecule has 0 fully saturated rings. The van der Waals surface area contributed by atoms with Gasteiger partial charge in [-0.2, -0.15) is 0 Å². The summed E-state index contributed by atoms with van der Waals surface area (Å²) in [7, 11) is -4.07. The summed E-state index contributed by atoms with van der Waals surface area (Å²) in [6, 6.07) is 19.3. The highest BCUT2D eigenvalue weighted by Crippen LogP contribution is 2.29. The van der Waals surface area contributed by atoms with Gasteiger partial charge in [0.25, 0.3) is 15.9 Å². The number of nitrogens with zero attached hydrogens (tertiary/aromatic N) is 1. The Morgan fingerprint density at radius 2 is 1.63 bits per heavy atom. The Morgan fingerprint density at radius 3 is 2.29 bits per heavy atom. The number of sulfonamides is 1. The fraction of sp³-hybridized carbons (Fsp3) is 0.231. The van der Waals surface area contributed by atoms with Gasteiger partial charge in [-0.25, -0.2) is 8.42 Å². The third-order valence-electron chi connectivity index (χ3n) is 5.16. The van der Waals surface area contributed by atoms with Gasteiger partial charge in [-0.15, -0.1) is 0 Å². The van der Waals surface area contributed by atoms with Crippen LogP contribution in [-0.2, 0) is 14.8 Å². The van der Waals surface area contributed by atoms with E-state index in [0.717, 1.165) is 4.31 Å². The first-order valence-electron chi connectivity index (χ1n) is 11.1. The maximum atomic E-state index is 13.5. The lowest BCUT2D eigenvalue weighted by atomic mass is 10.1. The van der Waals surface area contributed by atoms with Crippen LogP contribution in [0.4, 0.5) is 11.4 Å². The first kappa shape index (κ1) is 26.2. The van der Waals surface area contributed by atoms with Crippen LogP contribution in [0.1, 0.15) is 29.8 Å². The minimum atomic E-state index is -4.07. The summed E-state index contributed by atoms with van der Waals surface area (Å²) in [6.45, 7) is 5.67. The Bertz CT molecular complexity index is 1310. The van der Waals surface area contributed by atoms with Gasteiger partial charge in [-0.3, -0.25) is 13.9 Å². The second-order valence-electron chi connectivity index (χ2n) is 8.45. The van der Waals surface area contributed by atoms with Crippen molar-refractivity contribution >= 4 is 44.8 Å². The number of hydrogen-bond acceptors (Lipinski definition) is 4. The van der Waals surface area contributed by atoms with Crippen LogP contribution in [0.2, 0.25) is 5.02 Å². The number of anilines is 2. The maximum Gasteiger partial charge on any atom is 0.264 e. The number of carbonyl (C=O) groups is 2. The molecule has 3 aromatic rings. The molecular formula is C26H28ClN3O4S. The van der Waals surface area contributed by atoms with Crippen molar-refractivity contribution in [2.24, 2.45) is 5.92 Å². The van der Waals surface area contributed by atoms with Gasteiger partial charge in [-0.1, -0.05) is 55.8 Å². The molecule has 7 nitrogen and oxygen atoms in total. The third-order valence-corrected chi connectivity index (χ3v) is 7.17. The standard InChI is InChI=1S/C26H28ClN3O4S/c1-18(2)16-28-26(32)22-11-7-8-12-23(22)29-25(31)17-30(24-14-13-20(27)15-19(24)3)35(33,34)21-9-5-4-6-10-21/h4-15,18H,16-17H2,1-3H3,(H,28,32)(H,29,31). The van der Waals surface area contributed by atoms with Crippen LogP contribution in [0.25, 0.3) is 0 Å². The number of benzene rings is 3. The zero-order valence-electron chi connectivity index (χ0n) is 19.8. The van der Waals surface area contributed by atoms with Gasteiger partial charge >= 0.3 is 0 Å². The lowest BCUT2D eigenvalue weighted by Crippen LogP contribution is -2.39. The summed E-state index contributed by atoms with van der Waals surface area (Å²) in [4.78, 5) is 25.8. The van der Waals surface area contributed by atoms with Crippen molar-refractivity contribution in [2.45, 2.75) is 25.7 Å². The van der Waals surface area contributed by atoms with E-state index in [-0.39, 0.29) is 16.7 Å². The van der Waals surface area contributed by atoms with Gasteiger partial charge in [-0.05, 0) is 60.9 Å². The molecule has 2 amide bonds. The number of nitrogens with one attached hydrogen (secondary N) is 2. The minimum absolute atomic E-state index is 0.0515. The summed E-state index contributed by atoms with van der Waals surface area (Å²) >= 11 is 6.07. The molecule has 0 bridgehead atoms. The molecule has 0 aromatic heterocycles. The molecule has 0 unspecified atom stereocenters. The highest BCUT2D eigenvalue weighted by molar-refractivity contribution is 7.92. The van der Waals surface area contributed by atoms with Crippen molar-refractivity contribution in [3.63, 3.8) is 0 Å². The topological polar surface area (TPSA) is 95.6 Å². The fourth-order valence-electron chi connectivity index (χ4n) is 3.42. The summed E-state index contributed by atoms with van der Waals surface area (Å²) in [5.41, 5.74) is 1.51. The van der Waals surface area contributed by atoms with E-state index in [2.05, 4.69) is 10.6 Å². The number of halogens is 1. The van der Waals surface area contributed by atoms with Crippen LogP contribution in [-0.4, -0.2) is 33.3 Å². The van der Waals surface area contributed by atoms with E-state index >= 15 is 0 Å². The average Bonchev–Trinajstić information content (AvgIpc) is 2.82.